The van der Waals surface area contributed by atoms with Crippen LogP contribution in [-0.4, -0.2) is 29.6 Å². The van der Waals surface area contributed by atoms with Gasteiger partial charge in [0.15, 0.2) is 0 Å². The second kappa shape index (κ2) is 4.43. The third kappa shape index (κ3) is 2.38. The van der Waals surface area contributed by atoms with Crippen LogP contribution in [0.1, 0.15) is 33.2 Å². The third-order valence-electron chi connectivity index (χ3n) is 4.29. The average Bonchev–Trinajstić information content (AvgIpc) is 3.10. The molecule has 17 heavy (non-hydrogen) atoms. The third-order valence-corrected chi connectivity index (χ3v) is 4.29. The molecule has 1 aliphatic carbocycles. The van der Waals surface area contributed by atoms with Crippen LogP contribution in [0.2, 0.25) is 0 Å². The molecule has 1 saturated carbocycles. The Morgan fingerprint density at radius 1 is 1.35 bits per heavy atom. The minimum Gasteiger partial charge on any atom is -0.308 e. The molecule has 1 aromatic carbocycles. The van der Waals surface area contributed by atoms with E-state index in [1.807, 2.05) is 0 Å². The maximum Gasteiger partial charge on any atom is 0.0311 e. The van der Waals surface area contributed by atoms with Crippen molar-refractivity contribution in [2.45, 2.75) is 44.3 Å². The summed E-state index contributed by atoms with van der Waals surface area (Å²) < 4.78 is 0. The Kier molecular flexibility index (Phi) is 2.93. The van der Waals surface area contributed by atoms with Crippen molar-refractivity contribution in [1.82, 2.24) is 10.2 Å². The molecule has 3 rings (SSSR count). The van der Waals surface area contributed by atoms with Crippen LogP contribution >= 0.6 is 0 Å². The van der Waals surface area contributed by atoms with Gasteiger partial charge in [-0.1, -0.05) is 37.3 Å². The number of benzene rings is 1. The molecule has 0 bridgehead atoms. The summed E-state index contributed by atoms with van der Waals surface area (Å²) >= 11 is 0. The SMILES string of the molecule is CC[C@@H]1CNC2(CC2)CN1Cc1ccccc1.[HH]. The Hall–Kier alpha value is -0.860. The number of hydrogen-bond acceptors (Lipinski definition) is 2. The summed E-state index contributed by atoms with van der Waals surface area (Å²) in [6.07, 6.45) is 3.99. The van der Waals surface area contributed by atoms with E-state index in [2.05, 4.69) is 47.5 Å². The first-order chi connectivity index (χ1) is 8.31. The lowest BCUT2D eigenvalue weighted by Gasteiger charge is -2.40. The summed E-state index contributed by atoms with van der Waals surface area (Å²) in [5, 5.41) is 3.74. The highest BCUT2D eigenvalue weighted by Gasteiger charge is 2.47. The van der Waals surface area contributed by atoms with E-state index in [1.165, 1.54) is 37.9 Å². The minimum atomic E-state index is 0. The topological polar surface area (TPSA) is 15.3 Å². The van der Waals surface area contributed by atoms with Crippen molar-refractivity contribution in [3.05, 3.63) is 35.9 Å². The second-order valence-electron chi connectivity index (χ2n) is 5.61. The number of hydrogen-bond donors (Lipinski definition) is 1. The van der Waals surface area contributed by atoms with E-state index in [0.29, 0.717) is 11.6 Å². The van der Waals surface area contributed by atoms with Gasteiger partial charge in [-0.25, -0.2) is 0 Å². The van der Waals surface area contributed by atoms with Gasteiger partial charge in [0, 0.05) is 32.6 Å². The van der Waals surface area contributed by atoms with Crippen LogP contribution in [0.15, 0.2) is 30.3 Å². The molecule has 1 aromatic rings. The largest absolute Gasteiger partial charge is 0.308 e. The van der Waals surface area contributed by atoms with Gasteiger partial charge >= 0.3 is 0 Å². The van der Waals surface area contributed by atoms with Crippen molar-refractivity contribution in [1.29, 1.82) is 0 Å². The minimum absolute atomic E-state index is 0. The normalized spacial score (nSPS) is 27.2. The molecule has 1 N–H and O–H groups in total. The van der Waals surface area contributed by atoms with E-state index in [0.717, 1.165) is 6.54 Å². The standard InChI is InChI=1S/C15H22N2.H2/c1-2-14-10-16-15(8-9-15)12-17(14)11-13-6-4-3-5-7-13;/h3-7,14,16H,2,8-12H2,1H3;1H/t14-;/m1./s1. The van der Waals surface area contributed by atoms with Crippen molar-refractivity contribution in [2.24, 2.45) is 0 Å². The van der Waals surface area contributed by atoms with Crippen LogP contribution in [0.5, 0.6) is 0 Å². The fourth-order valence-electron chi connectivity index (χ4n) is 2.93. The van der Waals surface area contributed by atoms with Gasteiger partial charge in [-0.2, -0.15) is 0 Å². The molecule has 0 radical (unpaired) electrons. The fraction of sp³-hybridized carbons (Fsp3) is 0.600. The molecule has 1 aliphatic heterocycles. The van der Waals surface area contributed by atoms with Gasteiger partial charge in [0.1, 0.15) is 0 Å². The van der Waals surface area contributed by atoms with Crippen LogP contribution in [0.4, 0.5) is 0 Å². The molecule has 0 amide bonds. The molecule has 94 valence electrons. The molecule has 2 fully saturated rings. The van der Waals surface area contributed by atoms with Crippen molar-refractivity contribution in [3.8, 4) is 0 Å². The van der Waals surface area contributed by atoms with Gasteiger partial charge in [0.2, 0.25) is 0 Å². The summed E-state index contributed by atoms with van der Waals surface area (Å²) in [6.45, 7) is 5.82. The molecule has 1 saturated heterocycles. The molecule has 1 atom stereocenters. The molecule has 0 aromatic heterocycles. The van der Waals surface area contributed by atoms with Crippen LogP contribution in [-0.2, 0) is 6.54 Å². The Morgan fingerprint density at radius 2 is 2.12 bits per heavy atom. The first-order valence-electron chi connectivity index (χ1n) is 6.84. The highest BCUT2D eigenvalue weighted by molar-refractivity contribution is 5.16. The number of piperazine rings is 1. The number of nitrogens with zero attached hydrogens (tertiary/aromatic N) is 1. The van der Waals surface area contributed by atoms with Gasteiger partial charge < -0.3 is 5.32 Å². The molecule has 2 nitrogen and oxygen atoms in total. The molecular formula is C15H24N2. The molecule has 0 unspecified atom stereocenters. The molecule has 1 heterocycles. The van der Waals surface area contributed by atoms with E-state index < -0.39 is 0 Å². The smallest absolute Gasteiger partial charge is 0.0311 e. The van der Waals surface area contributed by atoms with Crippen LogP contribution in [0.3, 0.4) is 0 Å². The Labute approximate surface area is 105 Å². The zero-order valence-electron chi connectivity index (χ0n) is 10.7. The number of nitrogens with one attached hydrogen (secondary N) is 1. The lowest BCUT2D eigenvalue weighted by atomic mass is 10.0. The van der Waals surface area contributed by atoms with Crippen molar-refractivity contribution in [2.75, 3.05) is 13.1 Å². The summed E-state index contributed by atoms with van der Waals surface area (Å²) in [5.41, 5.74) is 1.93. The first kappa shape index (κ1) is 11.2. The fourth-order valence-corrected chi connectivity index (χ4v) is 2.93. The summed E-state index contributed by atoms with van der Waals surface area (Å²) in [4.78, 5) is 2.68. The van der Waals surface area contributed by atoms with Gasteiger partial charge in [-0.05, 0) is 24.8 Å². The summed E-state index contributed by atoms with van der Waals surface area (Å²) in [5.74, 6) is 0. The van der Waals surface area contributed by atoms with Gasteiger partial charge in [0.25, 0.3) is 0 Å². The van der Waals surface area contributed by atoms with Crippen molar-refractivity contribution in [3.63, 3.8) is 0 Å². The van der Waals surface area contributed by atoms with E-state index in [4.69, 9.17) is 0 Å². The van der Waals surface area contributed by atoms with Crippen LogP contribution in [0.25, 0.3) is 0 Å². The first-order valence-corrected chi connectivity index (χ1v) is 6.84. The molecule has 1 spiro atoms. The van der Waals surface area contributed by atoms with Crippen molar-refractivity contribution >= 4 is 0 Å². The maximum atomic E-state index is 3.74. The highest BCUT2D eigenvalue weighted by atomic mass is 15.3. The van der Waals surface area contributed by atoms with E-state index >= 15 is 0 Å². The van der Waals surface area contributed by atoms with Gasteiger partial charge in [-0.15, -0.1) is 0 Å². The molecule has 2 aliphatic rings. The quantitative estimate of drug-likeness (QED) is 0.862. The van der Waals surface area contributed by atoms with E-state index in [1.54, 1.807) is 0 Å². The predicted octanol–water partition coefficient (Wildman–Crippen LogP) is 2.65. The van der Waals surface area contributed by atoms with Crippen LogP contribution < -0.4 is 5.32 Å². The lowest BCUT2D eigenvalue weighted by Crippen LogP contribution is -2.57. The summed E-state index contributed by atoms with van der Waals surface area (Å²) in [6, 6.07) is 11.6. The van der Waals surface area contributed by atoms with E-state index in [9.17, 15) is 0 Å². The zero-order chi connectivity index (χ0) is 11.7. The lowest BCUT2D eigenvalue weighted by molar-refractivity contribution is 0.110. The average molecular weight is 232 g/mol. The van der Waals surface area contributed by atoms with Crippen molar-refractivity contribution < 1.29 is 1.43 Å². The second-order valence-corrected chi connectivity index (χ2v) is 5.61. The zero-order valence-corrected chi connectivity index (χ0v) is 10.7. The number of rotatable bonds is 3. The monoisotopic (exact) mass is 232 g/mol. The van der Waals surface area contributed by atoms with Crippen LogP contribution in [0, 0.1) is 0 Å². The Balaban J connectivity index is 0.00000120. The van der Waals surface area contributed by atoms with Gasteiger partial charge in [-0.3, -0.25) is 4.90 Å². The summed E-state index contributed by atoms with van der Waals surface area (Å²) in [7, 11) is 0. The highest BCUT2D eigenvalue weighted by Crippen LogP contribution is 2.39. The van der Waals surface area contributed by atoms with Gasteiger partial charge in [0.05, 0.1) is 0 Å². The Bertz CT molecular complexity index is 375. The maximum absolute atomic E-state index is 3.74. The Morgan fingerprint density at radius 3 is 2.76 bits per heavy atom. The van der Waals surface area contributed by atoms with E-state index in [-0.39, 0.29) is 1.43 Å². The molecule has 2 heteroatoms. The predicted molar refractivity (Wildman–Crippen MR) is 73.0 cm³/mol. The molecular weight excluding hydrogens is 208 g/mol.